The lowest BCUT2D eigenvalue weighted by molar-refractivity contribution is -0.153. The van der Waals surface area contributed by atoms with E-state index in [4.69, 9.17) is 16.2 Å². The summed E-state index contributed by atoms with van der Waals surface area (Å²) < 4.78 is 4.38. The van der Waals surface area contributed by atoms with E-state index in [9.17, 15) is 24.0 Å². The molecular weight excluding hydrogens is 825 g/mol. The molecule has 4 aromatic rings. The van der Waals surface area contributed by atoms with Gasteiger partial charge in [0.2, 0.25) is 11.8 Å². The van der Waals surface area contributed by atoms with Crippen molar-refractivity contribution >= 4 is 47.1 Å². The summed E-state index contributed by atoms with van der Waals surface area (Å²) in [5.74, 6) is -3.36. The van der Waals surface area contributed by atoms with Gasteiger partial charge < -0.3 is 31.7 Å². The monoisotopic (exact) mass is 890 g/mol. The minimum atomic E-state index is -0.938. The van der Waals surface area contributed by atoms with Crippen LogP contribution in [0.15, 0.2) is 126 Å². The van der Waals surface area contributed by atoms with Crippen molar-refractivity contribution in [1.29, 1.82) is 0 Å². The number of guanidine groups is 1. The van der Waals surface area contributed by atoms with E-state index < -0.39 is 46.6 Å². The molecule has 0 aromatic heterocycles. The fourth-order valence-electron chi connectivity index (χ4n) is 7.90. The predicted octanol–water partition coefficient (Wildman–Crippen LogP) is 6.30. The van der Waals surface area contributed by atoms with Crippen LogP contribution in [0.4, 0.5) is 0 Å². The SMILES string of the molecule is CC[C@H](CC(=O)[C@@H](NC(=O)[C@H](CCCNC(N)=NC)CC(=O)[C@@H](N)CSC(c1ccccc1)(c1ccccc1)c1ccccc1)C(C)C)C(=O)N(C)[C@@H](Cc1ccccc1)C(=O)OC. The van der Waals surface area contributed by atoms with Gasteiger partial charge in [-0.15, -0.1) is 11.8 Å². The standard InChI is InChI=1S/C51H66N6O6S/c1-7-37(48(61)57(5)43(49(62)63-6)31-36-21-12-8-13-22-36)32-45(59)46(35(2)3)56-47(60)38(23-20-30-55-50(53)54-4)33-44(58)42(52)34-64-51(39-24-14-9-15-25-39,40-26-16-10-17-27-40)41-28-18-11-19-29-41/h8-19,21-22,24-29,35,37-38,42-43,46H,7,20,23,30-34,52H2,1-6H3,(H,56,60)(H3,53,54,55)/t37-,38-,42+,43+,46+/m1/s1. The molecule has 4 rings (SSSR count). The Morgan fingerprint density at radius 2 is 1.28 bits per heavy atom. The van der Waals surface area contributed by atoms with E-state index in [-0.39, 0.29) is 54.4 Å². The molecule has 13 heteroatoms. The third-order valence-corrected chi connectivity index (χ3v) is 13.4. The first-order valence-corrected chi connectivity index (χ1v) is 23.0. The van der Waals surface area contributed by atoms with Crippen LogP contribution in [0.25, 0.3) is 0 Å². The second-order valence-electron chi connectivity index (χ2n) is 16.4. The van der Waals surface area contributed by atoms with Gasteiger partial charge in [-0.1, -0.05) is 142 Å². The number of methoxy groups -OCH3 is 1. The van der Waals surface area contributed by atoms with Crippen molar-refractivity contribution in [2.45, 2.75) is 82.2 Å². The Hall–Kier alpha value is -5.79. The van der Waals surface area contributed by atoms with Gasteiger partial charge in [0.25, 0.3) is 0 Å². The lowest BCUT2D eigenvalue weighted by atomic mass is 9.84. The van der Waals surface area contributed by atoms with Gasteiger partial charge in [0, 0.05) is 57.5 Å². The van der Waals surface area contributed by atoms with Crippen molar-refractivity contribution in [2.75, 3.05) is 33.5 Å². The molecule has 64 heavy (non-hydrogen) atoms. The summed E-state index contributed by atoms with van der Waals surface area (Å²) in [7, 11) is 4.40. The fraction of sp³-hybridized carbons (Fsp3) is 0.412. The van der Waals surface area contributed by atoms with Gasteiger partial charge in [0.15, 0.2) is 17.5 Å². The van der Waals surface area contributed by atoms with Crippen LogP contribution in [-0.4, -0.2) is 91.8 Å². The summed E-state index contributed by atoms with van der Waals surface area (Å²) in [5.41, 5.74) is 16.6. The van der Waals surface area contributed by atoms with E-state index in [1.165, 1.54) is 12.0 Å². The van der Waals surface area contributed by atoms with E-state index in [1.807, 2.05) is 106 Å². The molecule has 0 unspecified atom stereocenters. The lowest BCUT2D eigenvalue weighted by Crippen LogP contribution is -2.50. The second kappa shape index (κ2) is 25.5. The zero-order valence-electron chi connectivity index (χ0n) is 38.1. The normalized spacial score (nSPS) is 14.1. The molecule has 12 nitrogen and oxygen atoms in total. The van der Waals surface area contributed by atoms with E-state index in [1.54, 1.807) is 25.9 Å². The number of thioether (sulfide) groups is 1. The van der Waals surface area contributed by atoms with Crippen LogP contribution >= 0.6 is 11.8 Å². The minimum Gasteiger partial charge on any atom is -0.467 e. The molecule has 0 aliphatic carbocycles. The number of carbonyl (C=O) groups is 5. The Balaban J connectivity index is 1.53. The average molecular weight is 891 g/mol. The number of rotatable bonds is 25. The van der Waals surface area contributed by atoms with Crippen LogP contribution in [0, 0.1) is 17.8 Å². The van der Waals surface area contributed by atoms with Crippen LogP contribution in [-0.2, 0) is 39.9 Å². The largest absolute Gasteiger partial charge is 0.467 e. The summed E-state index contributed by atoms with van der Waals surface area (Å²) in [6.07, 6.45) is 1.06. The van der Waals surface area contributed by atoms with Crippen molar-refractivity contribution < 1.29 is 28.7 Å². The number of carbonyl (C=O) groups excluding carboxylic acids is 5. The molecule has 342 valence electrons. The molecule has 0 aliphatic rings. The van der Waals surface area contributed by atoms with Gasteiger partial charge in [-0.2, -0.15) is 0 Å². The molecule has 0 radical (unpaired) electrons. The highest BCUT2D eigenvalue weighted by atomic mass is 32.2. The molecule has 0 saturated carbocycles. The number of nitrogens with two attached hydrogens (primary N) is 2. The van der Waals surface area contributed by atoms with Crippen LogP contribution in [0.1, 0.15) is 75.1 Å². The highest BCUT2D eigenvalue weighted by Crippen LogP contribution is 2.48. The Kier molecular flexibility index (Phi) is 20.3. The number of hydrogen-bond acceptors (Lipinski definition) is 9. The third-order valence-electron chi connectivity index (χ3n) is 11.7. The molecule has 0 heterocycles. The number of aliphatic imine (C=N–C) groups is 1. The second-order valence-corrected chi connectivity index (χ2v) is 17.7. The molecule has 4 aromatic carbocycles. The Bertz CT molecular complexity index is 2030. The van der Waals surface area contributed by atoms with E-state index in [0.29, 0.717) is 25.8 Å². The molecule has 0 aliphatic heterocycles. The summed E-state index contributed by atoms with van der Waals surface area (Å²) in [6.45, 7) is 5.88. The molecule has 0 bridgehead atoms. The maximum Gasteiger partial charge on any atom is 0.328 e. The van der Waals surface area contributed by atoms with Gasteiger partial charge in [-0.3, -0.25) is 24.2 Å². The van der Waals surface area contributed by atoms with Crippen LogP contribution in [0.3, 0.4) is 0 Å². The smallest absolute Gasteiger partial charge is 0.328 e. The Labute approximate surface area is 383 Å². The van der Waals surface area contributed by atoms with E-state index >= 15 is 0 Å². The minimum absolute atomic E-state index is 0.143. The molecule has 0 saturated heterocycles. The number of nitrogens with one attached hydrogen (secondary N) is 2. The predicted molar refractivity (Wildman–Crippen MR) is 256 cm³/mol. The number of benzene rings is 4. The van der Waals surface area contributed by atoms with Gasteiger partial charge in [-0.05, 0) is 47.4 Å². The molecule has 0 fully saturated rings. The zero-order chi connectivity index (χ0) is 46.6. The Morgan fingerprint density at radius 3 is 1.75 bits per heavy atom. The van der Waals surface area contributed by atoms with Crippen molar-refractivity contribution in [2.24, 2.45) is 34.2 Å². The van der Waals surface area contributed by atoms with Crippen LogP contribution in [0.2, 0.25) is 0 Å². The number of nitrogens with zero attached hydrogens (tertiary/aromatic N) is 2. The van der Waals surface area contributed by atoms with Gasteiger partial charge >= 0.3 is 5.97 Å². The maximum absolute atomic E-state index is 14.3. The summed E-state index contributed by atoms with van der Waals surface area (Å²) in [4.78, 5) is 74.7. The van der Waals surface area contributed by atoms with Crippen molar-refractivity contribution in [3.05, 3.63) is 144 Å². The van der Waals surface area contributed by atoms with E-state index in [0.717, 1.165) is 22.3 Å². The number of amides is 2. The molecule has 0 spiro atoms. The number of hydrogen-bond donors (Lipinski definition) is 4. The number of ether oxygens (including phenoxy) is 1. The summed E-state index contributed by atoms with van der Waals surface area (Å²) in [5, 5.41) is 5.98. The fourth-order valence-corrected chi connectivity index (χ4v) is 9.42. The van der Waals surface area contributed by atoms with Crippen LogP contribution in [0.5, 0.6) is 0 Å². The Morgan fingerprint density at radius 1 is 0.781 bits per heavy atom. The quantitative estimate of drug-likeness (QED) is 0.0194. The molecule has 5 atom stereocenters. The van der Waals surface area contributed by atoms with Gasteiger partial charge in [-0.25, -0.2) is 4.79 Å². The van der Waals surface area contributed by atoms with Crippen molar-refractivity contribution in [3.8, 4) is 0 Å². The first-order valence-electron chi connectivity index (χ1n) is 22.0. The number of ketones is 2. The number of likely N-dealkylation sites (N-methyl/N-ethyl adjacent to an activating group) is 1. The topological polar surface area (TPSA) is 186 Å². The average Bonchev–Trinajstić information content (AvgIpc) is 3.32. The van der Waals surface area contributed by atoms with E-state index in [2.05, 4.69) is 52.0 Å². The third kappa shape index (κ3) is 13.9. The maximum atomic E-state index is 14.3. The highest BCUT2D eigenvalue weighted by Gasteiger charge is 2.39. The molecule has 2 amide bonds. The first-order chi connectivity index (χ1) is 30.8. The summed E-state index contributed by atoms with van der Waals surface area (Å²) >= 11 is 1.58. The first kappa shape index (κ1) is 50.9. The van der Waals surface area contributed by atoms with Crippen molar-refractivity contribution in [1.82, 2.24) is 15.5 Å². The van der Waals surface area contributed by atoms with Gasteiger partial charge in [0.1, 0.15) is 6.04 Å². The van der Waals surface area contributed by atoms with Crippen molar-refractivity contribution in [3.63, 3.8) is 0 Å². The number of Topliss-reactive ketones (excluding diaryl/α,β-unsaturated/α-hetero) is 2. The lowest BCUT2D eigenvalue weighted by Gasteiger charge is -2.36. The molecular formula is C51H66N6O6S. The zero-order valence-corrected chi connectivity index (χ0v) is 38.9. The van der Waals surface area contributed by atoms with Gasteiger partial charge in [0.05, 0.1) is 23.9 Å². The summed E-state index contributed by atoms with van der Waals surface area (Å²) in [6, 6.07) is 37.0. The van der Waals surface area contributed by atoms with Crippen LogP contribution < -0.4 is 22.1 Å². The highest BCUT2D eigenvalue weighted by molar-refractivity contribution is 8.00. The number of esters is 1. The molecule has 6 N–H and O–H groups in total.